The molecule has 2 unspecified atom stereocenters. The molecule has 0 aliphatic carbocycles. The Kier molecular flexibility index (Phi) is 6.43. The first-order valence-electron chi connectivity index (χ1n) is 9.44. The van der Waals surface area contributed by atoms with Crippen molar-refractivity contribution in [1.29, 1.82) is 0 Å². The van der Waals surface area contributed by atoms with Crippen molar-refractivity contribution in [3.05, 3.63) is 77.9 Å². The molecule has 2 aromatic carbocycles. The number of hydrogen-bond acceptors (Lipinski definition) is 3. The number of anilines is 1. The first kappa shape index (κ1) is 19.3. The number of rotatable bonds is 8. The van der Waals surface area contributed by atoms with Crippen LogP contribution in [0.3, 0.4) is 0 Å². The highest BCUT2D eigenvalue weighted by molar-refractivity contribution is 5.96. The highest BCUT2D eigenvalue weighted by Gasteiger charge is 2.33. The van der Waals surface area contributed by atoms with Gasteiger partial charge in [0.1, 0.15) is 6.23 Å². The third kappa shape index (κ3) is 4.65. The van der Waals surface area contributed by atoms with Gasteiger partial charge in [-0.3, -0.25) is 9.69 Å². The third-order valence-electron chi connectivity index (χ3n) is 5.01. The summed E-state index contributed by atoms with van der Waals surface area (Å²) in [5.41, 5.74) is 3.97. The lowest BCUT2D eigenvalue weighted by Gasteiger charge is -2.27. The molecule has 4 heteroatoms. The number of para-hydroxylation sites is 1. The number of carbonyl (C=O) groups is 1. The molecule has 0 aromatic heterocycles. The van der Waals surface area contributed by atoms with Gasteiger partial charge in [0.25, 0.3) is 0 Å². The number of amides is 1. The van der Waals surface area contributed by atoms with Crippen molar-refractivity contribution in [3.63, 3.8) is 0 Å². The molecule has 0 saturated carbocycles. The van der Waals surface area contributed by atoms with E-state index >= 15 is 0 Å². The molecule has 0 radical (unpaired) electrons. The van der Waals surface area contributed by atoms with E-state index in [0.29, 0.717) is 26.1 Å². The maximum atomic E-state index is 12.3. The normalized spacial score (nSPS) is 17.9. The Bertz CT molecular complexity index is 787. The summed E-state index contributed by atoms with van der Waals surface area (Å²) in [6.45, 7) is 7.33. The van der Waals surface area contributed by atoms with E-state index in [1.807, 2.05) is 61.5 Å². The summed E-state index contributed by atoms with van der Waals surface area (Å²) in [5.74, 6) is 0.0355. The van der Waals surface area contributed by atoms with Crippen LogP contribution in [0, 0.1) is 0 Å². The number of aliphatic hydroxyl groups is 1. The van der Waals surface area contributed by atoms with Crippen LogP contribution < -0.4 is 4.90 Å². The van der Waals surface area contributed by atoms with Crippen molar-refractivity contribution in [1.82, 2.24) is 0 Å². The summed E-state index contributed by atoms with van der Waals surface area (Å²) >= 11 is 0. The van der Waals surface area contributed by atoms with E-state index in [2.05, 4.69) is 6.58 Å². The fraction of sp³-hybridized carbons (Fsp3) is 0.348. The van der Waals surface area contributed by atoms with Gasteiger partial charge < -0.3 is 9.84 Å². The Morgan fingerprint density at radius 2 is 1.93 bits per heavy atom. The molecule has 0 spiro atoms. The fourth-order valence-electron chi connectivity index (χ4n) is 3.60. The van der Waals surface area contributed by atoms with Gasteiger partial charge in [0.15, 0.2) is 0 Å². The Labute approximate surface area is 161 Å². The van der Waals surface area contributed by atoms with E-state index in [4.69, 9.17) is 4.74 Å². The summed E-state index contributed by atoms with van der Waals surface area (Å²) in [7, 11) is 0. The minimum atomic E-state index is -0.751. The SMILES string of the molecule is C=C(C)C(CCOCc1ccccc1)c1ccccc1N1C(=O)CCC1O. The van der Waals surface area contributed by atoms with Crippen molar-refractivity contribution in [2.45, 2.75) is 44.9 Å². The Hall–Kier alpha value is -2.43. The number of ether oxygens (including phenoxy) is 1. The molecule has 1 amide bonds. The zero-order valence-corrected chi connectivity index (χ0v) is 15.8. The lowest BCUT2D eigenvalue weighted by Crippen LogP contribution is -2.33. The van der Waals surface area contributed by atoms with Crippen LogP contribution in [0.1, 0.15) is 43.2 Å². The molecule has 3 rings (SSSR count). The van der Waals surface area contributed by atoms with E-state index < -0.39 is 6.23 Å². The second-order valence-electron chi connectivity index (χ2n) is 7.07. The molecule has 2 atom stereocenters. The highest BCUT2D eigenvalue weighted by Crippen LogP contribution is 2.37. The van der Waals surface area contributed by atoms with Crippen LogP contribution in [0.5, 0.6) is 0 Å². The molecule has 1 aliphatic rings. The van der Waals surface area contributed by atoms with Crippen LogP contribution in [0.4, 0.5) is 5.69 Å². The van der Waals surface area contributed by atoms with Gasteiger partial charge in [-0.2, -0.15) is 0 Å². The van der Waals surface area contributed by atoms with Crippen LogP contribution in [0.25, 0.3) is 0 Å². The number of carbonyl (C=O) groups excluding carboxylic acids is 1. The molecule has 2 aromatic rings. The van der Waals surface area contributed by atoms with E-state index in [1.165, 1.54) is 4.90 Å². The zero-order chi connectivity index (χ0) is 19.2. The lowest BCUT2D eigenvalue weighted by molar-refractivity contribution is -0.117. The van der Waals surface area contributed by atoms with Crippen LogP contribution in [-0.2, 0) is 16.1 Å². The Morgan fingerprint density at radius 1 is 1.22 bits per heavy atom. The van der Waals surface area contributed by atoms with Crippen molar-refractivity contribution in [3.8, 4) is 0 Å². The molecule has 1 aliphatic heterocycles. The van der Waals surface area contributed by atoms with Crippen LogP contribution in [0.15, 0.2) is 66.7 Å². The maximum absolute atomic E-state index is 12.3. The number of benzene rings is 2. The molecular weight excluding hydrogens is 338 g/mol. The monoisotopic (exact) mass is 365 g/mol. The topological polar surface area (TPSA) is 49.8 Å². The molecule has 1 fully saturated rings. The van der Waals surface area contributed by atoms with Crippen LogP contribution in [-0.4, -0.2) is 23.8 Å². The lowest BCUT2D eigenvalue weighted by atomic mass is 9.88. The van der Waals surface area contributed by atoms with E-state index in [0.717, 1.165) is 28.8 Å². The van der Waals surface area contributed by atoms with Gasteiger partial charge in [-0.25, -0.2) is 0 Å². The molecular formula is C23H27NO3. The van der Waals surface area contributed by atoms with Crippen LogP contribution in [0.2, 0.25) is 0 Å². The van der Waals surface area contributed by atoms with E-state index in [-0.39, 0.29) is 11.8 Å². The maximum Gasteiger partial charge on any atom is 0.229 e. The minimum absolute atomic E-state index is 0.0317. The summed E-state index contributed by atoms with van der Waals surface area (Å²) in [6.07, 6.45) is 0.884. The van der Waals surface area contributed by atoms with Crippen molar-refractivity contribution in [2.75, 3.05) is 11.5 Å². The van der Waals surface area contributed by atoms with Gasteiger partial charge in [-0.1, -0.05) is 60.7 Å². The second-order valence-corrected chi connectivity index (χ2v) is 7.07. The highest BCUT2D eigenvalue weighted by atomic mass is 16.5. The smallest absolute Gasteiger partial charge is 0.229 e. The van der Waals surface area contributed by atoms with Gasteiger partial charge in [0.2, 0.25) is 5.91 Å². The van der Waals surface area contributed by atoms with E-state index in [9.17, 15) is 9.90 Å². The number of nitrogens with zero attached hydrogens (tertiary/aromatic N) is 1. The predicted molar refractivity (Wildman–Crippen MR) is 107 cm³/mol. The molecule has 4 nitrogen and oxygen atoms in total. The summed E-state index contributed by atoms with van der Waals surface area (Å²) in [6, 6.07) is 17.9. The summed E-state index contributed by atoms with van der Waals surface area (Å²) < 4.78 is 5.86. The molecule has 1 saturated heterocycles. The van der Waals surface area contributed by atoms with Gasteiger partial charge in [-0.05, 0) is 30.5 Å². The summed E-state index contributed by atoms with van der Waals surface area (Å²) in [4.78, 5) is 13.8. The Balaban J connectivity index is 1.71. The molecule has 1 heterocycles. The van der Waals surface area contributed by atoms with Gasteiger partial charge in [0.05, 0.1) is 12.3 Å². The number of hydrogen-bond donors (Lipinski definition) is 1. The minimum Gasteiger partial charge on any atom is -0.377 e. The number of aliphatic hydroxyl groups excluding tert-OH is 1. The van der Waals surface area contributed by atoms with Crippen molar-refractivity contribution >= 4 is 11.6 Å². The second kappa shape index (κ2) is 8.98. The molecule has 0 bridgehead atoms. The quantitative estimate of drug-likeness (QED) is 0.557. The fourth-order valence-corrected chi connectivity index (χ4v) is 3.60. The molecule has 1 N–H and O–H groups in total. The first-order chi connectivity index (χ1) is 13.1. The van der Waals surface area contributed by atoms with Crippen molar-refractivity contribution < 1.29 is 14.6 Å². The average Bonchev–Trinajstić information content (AvgIpc) is 3.01. The number of allylic oxidation sites excluding steroid dienone is 1. The predicted octanol–water partition coefficient (Wildman–Crippen LogP) is 4.40. The van der Waals surface area contributed by atoms with Crippen LogP contribution >= 0.6 is 0 Å². The standard InChI is InChI=1S/C23H27NO3/c1-17(2)19(14-15-27-16-18-8-4-3-5-9-18)20-10-6-7-11-21(20)24-22(25)12-13-23(24)26/h3-11,19,22,25H,1,12-16H2,2H3. The Morgan fingerprint density at radius 3 is 2.59 bits per heavy atom. The summed E-state index contributed by atoms with van der Waals surface area (Å²) in [5, 5.41) is 10.3. The van der Waals surface area contributed by atoms with Crippen molar-refractivity contribution in [2.24, 2.45) is 0 Å². The first-order valence-corrected chi connectivity index (χ1v) is 9.44. The molecule has 142 valence electrons. The van der Waals surface area contributed by atoms with Gasteiger partial charge >= 0.3 is 0 Å². The third-order valence-corrected chi connectivity index (χ3v) is 5.01. The van der Waals surface area contributed by atoms with Gasteiger partial charge in [-0.15, -0.1) is 0 Å². The zero-order valence-electron chi connectivity index (χ0n) is 15.8. The average molecular weight is 365 g/mol. The largest absolute Gasteiger partial charge is 0.377 e. The van der Waals surface area contributed by atoms with E-state index in [1.54, 1.807) is 0 Å². The molecule has 27 heavy (non-hydrogen) atoms. The van der Waals surface area contributed by atoms with Gasteiger partial charge in [0, 0.05) is 25.4 Å².